The van der Waals surface area contributed by atoms with Crippen LogP contribution >= 0.6 is 34.9 Å². The predicted molar refractivity (Wildman–Crippen MR) is 82.0 cm³/mol. The Hall–Kier alpha value is -1.32. The highest BCUT2D eigenvalue weighted by atomic mass is 32.2. The molecule has 0 amide bonds. The van der Waals surface area contributed by atoms with Crippen molar-refractivity contribution in [3.05, 3.63) is 22.9 Å². The number of rotatable bonds is 4. The minimum atomic E-state index is 0.0482. The van der Waals surface area contributed by atoms with Gasteiger partial charge in [-0.3, -0.25) is 0 Å². The molecule has 0 saturated carbocycles. The maximum absolute atomic E-state index is 8.91. The van der Waals surface area contributed by atoms with Crippen LogP contribution in [0.5, 0.6) is 0 Å². The molecule has 0 bridgehead atoms. The van der Waals surface area contributed by atoms with Gasteiger partial charge in [0.1, 0.15) is 5.03 Å². The van der Waals surface area contributed by atoms with Crippen molar-refractivity contribution >= 4 is 40.7 Å². The van der Waals surface area contributed by atoms with Gasteiger partial charge in [-0.1, -0.05) is 28.3 Å². The van der Waals surface area contributed by atoms with Gasteiger partial charge in [0, 0.05) is 5.69 Å². The standard InChI is InChI=1S/C11H13N5OS3/c1-5-4-6(2)13-9(7(5)8(12)16-17)19-11-15-14-10(18-3)20-11/h4,17H,1-3H3,(H2,12,16). The molecule has 0 aliphatic heterocycles. The fraction of sp³-hybridized carbons (Fsp3) is 0.273. The maximum atomic E-state index is 8.91. The number of amidine groups is 1. The Kier molecular flexibility index (Phi) is 4.84. The molecule has 2 heterocycles. The molecule has 2 rings (SSSR count). The number of nitrogens with two attached hydrogens (primary N) is 1. The minimum absolute atomic E-state index is 0.0482. The van der Waals surface area contributed by atoms with Crippen molar-refractivity contribution in [2.75, 3.05) is 6.26 Å². The molecule has 3 N–H and O–H groups in total. The van der Waals surface area contributed by atoms with Crippen LogP contribution in [0.25, 0.3) is 0 Å². The zero-order valence-electron chi connectivity index (χ0n) is 11.1. The van der Waals surface area contributed by atoms with Crippen LogP contribution in [0.3, 0.4) is 0 Å². The Bertz CT molecular complexity index is 656. The van der Waals surface area contributed by atoms with Gasteiger partial charge >= 0.3 is 0 Å². The fourth-order valence-electron chi connectivity index (χ4n) is 1.64. The Labute approximate surface area is 128 Å². The molecule has 0 aliphatic carbocycles. The van der Waals surface area contributed by atoms with Gasteiger partial charge in [0.05, 0.1) is 5.56 Å². The van der Waals surface area contributed by atoms with Gasteiger partial charge in [-0.05, 0) is 43.5 Å². The average molecular weight is 327 g/mol. The van der Waals surface area contributed by atoms with Gasteiger partial charge in [-0.25, -0.2) is 4.98 Å². The van der Waals surface area contributed by atoms with Crippen molar-refractivity contribution in [2.24, 2.45) is 10.9 Å². The van der Waals surface area contributed by atoms with E-state index in [1.54, 1.807) is 11.8 Å². The van der Waals surface area contributed by atoms with Gasteiger partial charge in [-0.2, -0.15) is 0 Å². The van der Waals surface area contributed by atoms with Crippen LogP contribution in [0.1, 0.15) is 16.8 Å². The average Bonchev–Trinajstić information content (AvgIpc) is 2.85. The van der Waals surface area contributed by atoms with Crippen LogP contribution < -0.4 is 5.73 Å². The van der Waals surface area contributed by atoms with E-state index in [1.165, 1.54) is 23.1 Å². The summed E-state index contributed by atoms with van der Waals surface area (Å²) in [6, 6.07) is 1.89. The first-order valence-corrected chi connectivity index (χ1v) is 8.42. The molecule has 0 radical (unpaired) electrons. The van der Waals surface area contributed by atoms with Crippen molar-refractivity contribution in [1.82, 2.24) is 15.2 Å². The molecule has 2 aromatic rings. The smallest absolute Gasteiger partial charge is 0.181 e. The lowest BCUT2D eigenvalue weighted by Crippen LogP contribution is -2.17. The summed E-state index contributed by atoms with van der Waals surface area (Å²) in [5.74, 6) is 0.0482. The van der Waals surface area contributed by atoms with Gasteiger partial charge in [0.25, 0.3) is 0 Å². The van der Waals surface area contributed by atoms with Crippen LogP contribution in [-0.2, 0) is 0 Å². The number of thioether (sulfide) groups is 1. The molecule has 9 heteroatoms. The van der Waals surface area contributed by atoms with E-state index in [4.69, 9.17) is 10.9 Å². The number of oxime groups is 1. The topological polar surface area (TPSA) is 97.3 Å². The third-order valence-corrected chi connectivity index (χ3v) is 5.36. The fourth-order valence-corrected chi connectivity index (χ4v) is 4.25. The summed E-state index contributed by atoms with van der Waals surface area (Å²) in [6.45, 7) is 3.81. The van der Waals surface area contributed by atoms with Crippen LogP contribution in [0, 0.1) is 13.8 Å². The Balaban J connectivity index is 2.44. The van der Waals surface area contributed by atoms with Crippen molar-refractivity contribution in [2.45, 2.75) is 27.6 Å². The zero-order chi connectivity index (χ0) is 14.7. The molecule has 20 heavy (non-hydrogen) atoms. The van der Waals surface area contributed by atoms with Gasteiger partial charge in [-0.15, -0.1) is 10.2 Å². The molecule has 0 spiro atoms. The lowest BCUT2D eigenvalue weighted by atomic mass is 10.1. The number of hydrogen-bond acceptors (Lipinski definition) is 8. The minimum Gasteiger partial charge on any atom is -0.409 e. The zero-order valence-corrected chi connectivity index (χ0v) is 13.6. The van der Waals surface area contributed by atoms with E-state index in [-0.39, 0.29) is 5.84 Å². The summed E-state index contributed by atoms with van der Waals surface area (Å²) in [5.41, 5.74) is 8.15. The van der Waals surface area contributed by atoms with Gasteiger partial charge in [0.15, 0.2) is 14.5 Å². The number of aromatic nitrogens is 3. The second-order valence-corrected chi connectivity index (χ2v) is 7.15. The summed E-state index contributed by atoms with van der Waals surface area (Å²) in [4.78, 5) is 4.46. The van der Waals surface area contributed by atoms with Crippen LogP contribution in [0.2, 0.25) is 0 Å². The highest BCUT2D eigenvalue weighted by Gasteiger charge is 2.16. The monoisotopic (exact) mass is 327 g/mol. The summed E-state index contributed by atoms with van der Waals surface area (Å²) in [7, 11) is 0. The van der Waals surface area contributed by atoms with E-state index in [2.05, 4.69) is 20.3 Å². The largest absolute Gasteiger partial charge is 0.409 e. The summed E-state index contributed by atoms with van der Waals surface area (Å²) >= 11 is 4.40. The first-order valence-electron chi connectivity index (χ1n) is 5.56. The van der Waals surface area contributed by atoms with E-state index in [1.807, 2.05) is 26.2 Å². The number of hydrogen-bond donors (Lipinski definition) is 2. The molecule has 106 valence electrons. The molecule has 0 fully saturated rings. The highest BCUT2D eigenvalue weighted by molar-refractivity contribution is 8.03. The third kappa shape index (κ3) is 3.22. The molecule has 0 saturated heterocycles. The molecular weight excluding hydrogens is 314 g/mol. The molecule has 0 atom stereocenters. The van der Waals surface area contributed by atoms with E-state index >= 15 is 0 Å². The van der Waals surface area contributed by atoms with Crippen LogP contribution in [0.15, 0.2) is 24.9 Å². The lowest BCUT2D eigenvalue weighted by molar-refractivity contribution is 0.318. The predicted octanol–water partition coefficient (Wildman–Crippen LogP) is 2.52. The van der Waals surface area contributed by atoms with Gasteiger partial charge < -0.3 is 10.9 Å². The quantitative estimate of drug-likeness (QED) is 0.293. The van der Waals surface area contributed by atoms with E-state index in [0.29, 0.717) is 10.6 Å². The molecular formula is C11H13N5OS3. The Morgan fingerprint density at radius 2 is 2.05 bits per heavy atom. The van der Waals surface area contributed by atoms with Crippen molar-refractivity contribution in [3.63, 3.8) is 0 Å². The van der Waals surface area contributed by atoms with Crippen LogP contribution in [-0.4, -0.2) is 32.5 Å². The van der Waals surface area contributed by atoms with E-state index in [0.717, 1.165) is 19.9 Å². The maximum Gasteiger partial charge on any atom is 0.181 e. The molecule has 0 unspecified atom stereocenters. The lowest BCUT2D eigenvalue weighted by Gasteiger charge is -2.10. The number of pyridine rings is 1. The SMILES string of the molecule is CSc1nnc(Sc2nc(C)cc(C)c2/C(N)=N/O)s1. The number of aryl methyl sites for hydroxylation is 2. The molecule has 6 nitrogen and oxygen atoms in total. The molecule has 2 aromatic heterocycles. The van der Waals surface area contributed by atoms with Crippen molar-refractivity contribution in [3.8, 4) is 0 Å². The first kappa shape index (κ1) is 15.1. The highest BCUT2D eigenvalue weighted by Crippen LogP contribution is 2.34. The molecule has 0 aliphatic rings. The van der Waals surface area contributed by atoms with Crippen molar-refractivity contribution < 1.29 is 5.21 Å². The van der Waals surface area contributed by atoms with E-state index < -0.39 is 0 Å². The molecule has 0 aromatic carbocycles. The Morgan fingerprint density at radius 3 is 2.65 bits per heavy atom. The summed E-state index contributed by atoms with van der Waals surface area (Å²) in [5, 5.41) is 20.8. The second kappa shape index (κ2) is 6.42. The van der Waals surface area contributed by atoms with Crippen LogP contribution in [0.4, 0.5) is 0 Å². The summed E-state index contributed by atoms with van der Waals surface area (Å²) in [6.07, 6.45) is 1.95. The van der Waals surface area contributed by atoms with Crippen molar-refractivity contribution in [1.29, 1.82) is 0 Å². The van der Waals surface area contributed by atoms with Gasteiger partial charge in [0.2, 0.25) is 0 Å². The summed E-state index contributed by atoms with van der Waals surface area (Å²) < 4.78 is 1.67. The third-order valence-electron chi connectivity index (χ3n) is 2.42. The Morgan fingerprint density at radius 1 is 1.35 bits per heavy atom. The second-order valence-electron chi connectivity index (χ2n) is 3.89. The number of nitrogens with zero attached hydrogens (tertiary/aromatic N) is 4. The first-order chi connectivity index (χ1) is 9.55. The van der Waals surface area contributed by atoms with E-state index in [9.17, 15) is 0 Å². The normalized spacial score (nSPS) is 11.8.